The number of hydrogen-bond donors (Lipinski definition) is 1. The van der Waals surface area contributed by atoms with Crippen LogP contribution in [0.5, 0.6) is 0 Å². The second-order valence-corrected chi connectivity index (χ2v) is 4.63. The summed E-state index contributed by atoms with van der Waals surface area (Å²) in [5.41, 5.74) is 0.969. The number of halogens is 2. The van der Waals surface area contributed by atoms with Gasteiger partial charge in [0.2, 0.25) is 5.82 Å². The van der Waals surface area contributed by atoms with Gasteiger partial charge in [-0.3, -0.25) is 0 Å². The van der Waals surface area contributed by atoms with Crippen molar-refractivity contribution in [3.63, 3.8) is 0 Å². The lowest BCUT2D eigenvalue weighted by atomic mass is 10.1. The Morgan fingerprint density at radius 3 is 2.89 bits per heavy atom. The summed E-state index contributed by atoms with van der Waals surface area (Å²) in [7, 11) is 0. The second kappa shape index (κ2) is 6.37. The highest BCUT2D eigenvalue weighted by molar-refractivity contribution is 6.33. The number of anilines is 1. The number of rotatable bonds is 4. The normalized spacial score (nSPS) is 9.95. The van der Waals surface area contributed by atoms with Crippen molar-refractivity contribution in [2.24, 2.45) is 0 Å². The van der Waals surface area contributed by atoms with Gasteiger partial charge in [0.25, 0.3) is 0 Å². The van der Waals surface area contributed by atoms with E-state index in [9.17, 15) is 0 Å². The van der Waals surface area contributed by atoms with Crippen LogP contribution >= 0.6 is 23.2 Å². The van der Waals surface area contributed by atoms with E-state index >= 15 is 0 Å². The Hall–Kier alpha value is -1.83. The maximum Gasteiger partial charge on any atom is 0.234 e. The van der Waals surface area contributed by atoms with Gasteiger partial charge >= 0.3 is 0 Å². The largest absolute Gasteiger partial charge is 0.370 e. The number of aromatic nitrogens is 2. The van der Waals surface area contributed by atoms with E-state index in [1.807, 2.05) is 12.1 Å². The molecule has 6 heteroatoms. The summed E-state index contributed by atoms with van der Waals surface area (Å²) in [6.07, 6.45) is 2.26. The molecule has 4 nitrogen and oxygen atoms in total. The summed E-state index contributed by atoms with van der Waals surface area (Å²) < 4.78 is 0. The van der Waals surface area contributed by atoms with Gasteiger partial charge in [0.05, 0.1) is 0 Å². The summed E-state index contributed by atoms with van der Waals surface area (Å²) in [5.74, 6) is 0.760. The summed E-state index contributed by atoms with van der Waals surface area (Å²) >= 11 is 12.0. The Bertz CT molecular complexity index is 622. The van der Waals surface area contributed by atoms with Gasteiger partial charge in [0.1, 0.15) is 11.9 Å². The van der Waals surface area contributed by atoms with Crippen LogP contribution in [0, 0.1) is 11.3 Å². The third-order valence-corrected chi connectivity index (χ3v) is 3.07. The van der Waals surface area contributed by atoms with E-state index < -0.39 is 0 Å². The molecule has 19 heavy (non-hydrogen) atoms. The van der Waals surface area contributed by atoms with Gasteiger partial charge in [0.15, 0.2) is 0 Å². The zero-order valence-corrected chi connectivity index (χ0v) is 11.4. The fraction of sp³-hybridized carbons (Fsp3) is 0.154. The fourth-order valence-corrected chi connectivity index (χ4v) is 1.98. The summed E-state index contributed by atoms with van der Waals surface area (Å²) in [6.45, 7) is 0.641. The molecule has 2 aromatic rings. The van der Waals surface area contributed by atoms with Crippen LogP contribution in [0.15, 0.2) is 30.5 Å². The quantitative estimate of drug-likeness (QED) is 0.939. The van der Waals surface area contributed by atoms with Crippen molar-refractivity contribution in [3.05, 3.63) is 51.9 Å². The number of nitrogens with zero attached hydrogens (tertiary/aromatic N) is 3. The van der Waals surface area contributed by atoms with E-state index in [1.165, 1.54) is 0 Å². The van der Waals surface area contributed by atoms with Crippen molar-refractivity contribution in [3.8, 4) is 6.07 Å². The highest BCUT2D eigenvalue weighted by Gasteiger charge is 2.02. The third kappa shape index (κ3) is 3.82. The lowest BCUT2D eigenvalue weighted by Gasteiger charge is -2.07. The first kappa shape index (κ1) is 13.6. The van der Waals surface area contributed by atoms with Gasteiger partial charge in [-0.1, -0.05) is 23.2 Å². The van der Waals surface area contributed by atoms with Crippen molar-refractivity contribution in [1.82, 2.24) is 9.97 Å². The minimum atomic E-state index is 0.144. The molecule has 0 spiro atoms. The average Bonchev–Trinajstić information content (AvgIpc) is 2.43. The molecular weight excluding hydrogens is 283 g/mol. The van der Waals surface area contributed by atoms with Crippen molar-refractivity contribution in [2.45, 2.75) is 6.42 Å². The topological polar surface area (TPSA) is 61.6 Å². The Morgan fingerprint density at radius 1 is 1.26 bits per heavy atom. The molecule has 1 heterocycles. The fourth-order valence-electron chi connectivity index (χ4n) is 1.57. The minimum Gasteiger partial charge on any atom is -0.370 e. The smallest absolute Gasteiger partial charge is 0.234 e. The molecule has 0 saturated heterocycles. The van der Waals surface area contributed by atoms with Crippen LogP contribution in [0.3, 0.4) is 0 Å². The summed E-state index contributed by atoms with van der Waals surface area (Å²) in [4.78, 5) is 7.82. The first-order chi connectivity index (χ1) is 9.19. The molecule has 0 bridgehead atoms. The van der Waals surface area contributed by atoms with Gasteiger partial charge in [0, 0.05) is 22.8 Å². The van der Waals surface area contributed by atoms with Gasteiger partial charge < -0.3 is 5.32 Å². The Labute approximate surface area is 121 Å². The third-order valence-electron chi connectivity index (χ3n) is 2.46. The molecular formula is C13H10Cl2N4. The van der Waals surface area contributed by atoms with Crippen LogP contribution in [0.25, 0.3) is 0 Å². The standard InChI is InChI=1S/C13H10Cl2N4/c14-10-1-2-11(15)9(7-10)3-5-17-12-4-6-18-13(8-16)19-12/h1-2,4,6-7H,3,5H2,(H,17,18,19). The molecule has 0 amide bonds. The molecule has 96 valence electrons. The molecule has 0 radical (unpaired) electrons. The number of nitrogens with one attached hydrogen (secondary N) is 1. The molecule has 0 saturated carbocycles. The first-order valence-corrected chi connectivity index (χ1v) is 6.35. The predicted octanol–water partition coefficient (Wildman–Crippen LogP) is 3.31. The Morgan fingerprint density at radius 2 is 2.11 bits per heavy atom. The molecule has 1 aromatic carbocycles. The van der Waals surface area contributed by atoms with Crippen molar-refractivity contribution >= 4 is 29.0 Å². The zero-order chi connectivity index (χ0) is 13.7. The lowest BCUT2D eigenvalue weighted by Crippen LogP contribution is -2.07. The molecule has 0 fully saturated rings. The van der Waals surface area contributed by atoms with Crippen LogP contribution in [-0.4, -0.2) is 16.5 Å². The zero-order valence-electron chi connectivity index (χ0n) is 9.90. The van der Waals surface area contributed by atoms with Crippen LogP contribution in [0.1, 0.15) is 11.4 Å². The molecule has 1 aromatic heterocycles. The molecule has 0 unspecified atom stereocenters. The van der Waals surface area contributed by atoms with Gasteiger partial charge in [-0.05, 0) is 36.2 Å². The maximum atomic E-state index is 8.70. The van der Waals surface area contributed by atoms with Crippen molar-refractivity contribution in [1.29, 1.82) is 5.26 Å². The van der Waals surface area contributed by atoms with Crippen LogP contribution in [0.2, 0.25) is 10.0 Å². The maximum absolute atomic E-state index is 8.70. The molecule has 2 rings (SSSR count). The van der Waals surface area contributed by atoms with Crippen LogP contribution < -0.4 is 5.32 Å². The summed E-state index contributed by atoms with van der Waals surface area (Å²) in [6, 6.07) is 8.97. The molecule has 0 aliphatic heterocycles. The average molecular weight is 293 g/mol. The van der Waals surface area contributed by atoms with E-state index in [1.54, 1.807) is 24.4 Å². The lowest BCUT2D eigenvalue weighted by molar-refractivity contribution is 0.994. The van der Waals surface area contributed by atoms with E-state index in [0.717, 1.165) is 5.56 Å². The van der Waals surface area contributed by atoms with Gasteiger partial charge in [-0.2, -0.15) is 5.26 Å². The highest BCUT2D eigenvalue weighted by atomic mass is 35.5. The molecule has 0 aliphatic rings. The van der Waals surface area contributed by atoms with E-state index in [4.69, 9.17) is 28.5 Å². The van der Waals surface area contributed by atoms with Crippen LogP contribution in [-0.2, 0) is 6.42 Å². The molecule has 1 N–H and O–H groups in total. The van der Waals surface area contributed by atoms with E-state index in [-0.39, 0.29) is 5.82 Å². The highest BCUT2D eigenvalue weighted by Crippen LogP contribution is 2.21. The second-order valence-electron chi connectivity index (χ2n) is 3.79. The molecule has 0 aliphatic carbocycles. The van der Waals surface area contributed by atoms with Crippen molar-refractivity contribution < 1.29 is 0 Å². The Balaban J connectivity index is 1.96. The molecule has 0 atom stereocenters. The number of nitriles is 1. The monoisotopic (exact) mass is 292 g/mol. The van der Waals surface area contributed by atoms with Gasteiger partial charge in [-0.25, -0.2) is 9.97 Å². The predicted molar refractivity (Wildman–Crippen MR) is 75.4 cm³/mol. The van der Waals surface area contributed by atoms with E-state index in [0.29, 0.717) is 28.8 Å². The van der Waals surface area contributed by atoms with Crippen LogP contribution in [0.4, 0.5) is 5.82 Å². The van der Waals surface area contributed by atoms with Gasteiger partial charge in [-0.15, -0.1) is 0 Å². The number of benzene rings is 1. The first-order valence-electron chi connectivity index (χ1n) is 5.60. The SMILES string of the molecule is N#Cc1nccc(NCCc2cc(Cl)ccc2Cl)n1. The summed E-state index contributed by atoms with van der Waals surface area (Å²) in [5, 5.41) is 13.2. The minimum absolute atomic E-state index is 0.144. The van der Waals surface area contributed by atoms with E-state index in [2.05, 4.69) is 15.3 Å². The van der Waals surface area contributed by atoms with Crippen molar-refractivity contribution in [2.75, 3.05) is 11.9 Å². The Kier molecular flexibility index (Phi) is 4.56. The number of hydrogen-bond acceptors (Lipinski definition) is 4.